The summed E-state index contributed by atoms with van der Waals surface area (Å²) < 4.78 is 0. The smallest absolute Gasteiger partial charge is 0.303 e. The van der Waals surface area contributed by atoms with Crippen molar-refractivity contribution in [1.82, 2.24) is 5.48 Å². The molecule has 5 heteroatoms. The van der Waals surface area contributed by atoms with E-state index in [1.165, 1.54) is 44.9 Å². The van der Waals surface area contributed by atoms with E-state index in [0.717, 1.165) is 32.1 Å². The Morgan fingerprint density at radius 2 is 1.13 bits per heavy atom. The Balaban J connectivity index is 3.08. The summed E-state index contributed by atoms with van der Waals surface area (Å²) in [6.45, 7) is 2.35. The van der Waals surface area contributed by atoms with Crippen molar-refractivity contribution in [3.05, 3.63) is 0 Å². The SMILES string of the molecule is CCONC(=O)CCCCCCCCCCCCCCC(=O)O. The van der Waals surface area contributed by atoms with Gasteiger partial charge in [0.05, 0.1) is 6.61 Å². The van der Waals surface area contributed by atoms with Gasteiger partial charge >= 0.3 is 5.97 Å². The third-order valence-electron chi connectivity index (χ3n) is 3.87. The average molecular weight is 329 g/mol. The molecule has 0 radical (unpaired) electrons. The molecule has 0 aliphatic rings. The number of amides is 1. The second-order valence-electron chi connectivity index (χ2n) is 6.09. The number of hydroxylamine groups is 1. The maximum atomic E-state index is 11.3. The summed E-state index contributed by atoms with van der Waals surface area (Å²) >= 11 is 0. The van der Waals surface area contributed by atoms with Gasteiger partial charge in [0.25, 0.3) is 0 Å². The maximum Gasteiger partial charge on any atom is 0.303 e. The fourth-order valence-corrected chi connectivity index (χ4v) is 2.53. The molecule has 1 amide bonds. The number of rotatable bonds is 17. The third kappa shape index (κ3) is 18.9. The van der Waals surface area contributed by atoms with Gasteiger partial charge in [-0.15, -0.1) is 0 Å². The number of aliphatic carboxylic acids is 1. The predicted molar refractivity (Wildman–Crippen MR) is 92.0 cm³/mol. The molecular formula is C18H35NO4. The van der Waals surface area contributed by atoms with E-state index in [4.69, 9.17) is 9.94 Å². The first-order valence-corrected chi connectivity index (χ1v) is 9.29. The van der Waals surface area contributed by atoms with Crippen LogP contribution in [0.2, 0.25) is 0 Å². The van der Waals surface area contributed by atoms with Crippen LogP contribution in [0.3, 0.4) is 0 Å². The van der Waals surface area contributed by atoms with Crippen LogP contribution in [0.5, 0.6) is 0 Å². The lowest BCUT2D eigenvalue weighted by atomic mass is 10.0. The lowest BCUT2D eigenvalue weighted by Crippen LogP contribution is -2.23. The van der Waals surface area contributed by atoms with Gasteiger partial charge in [0.1, 0.15) is 0 Å². The van der Waals surface area contributed by atoms with Crippen LogP contribution in [-0.4, -0.2) is 23.6 Å². The standard InChI is InChI=1S/C18H35NO4/c1-2-23-19-17(20)15-13-11-9-7-5-3-4-6-8-10-12-14-16-18(21)22/h2-16H2,1H3,(H,19,20)(H,21,22). The van der Waals surface area contributed by atoms with Crippen LogP contribution in [0, 0.1) is 0 Å². The van der Waals surface area contributed by atoms with Gasteiger partial charge in [0, 0.05) is 12.8 Å². The minimum absolute atomic E-state index is 0.0183. The minimum Gasteiger partial charge on any atom is -0.481 e. The Hall–Kier alpha value is -1.10. The molecule has 0 saturated carbocycles. The fraction of sp³-hybridized carbons (Fsp3) is 0.889. The molecule has 0 aliphatic carbocycles. The van der Waals surface area contributed by atoms with Crippen LogP contribution in [0.4, 0.5) is 0 Å². The molecule has 0 rings (SSSR count). The number of carboxylic acid groups (broad SMARTS) is 1. The summed E-state index contributed by atoms with van der Waals surface area (Å²) in [5.41, 5.74) is 2.41. The highest BCUT2D eigenvalue weighted by Gasteiger charge is 2.00. The molecular weight excluding hydrogens is 294 g/mol. The Bertz CT molecular complexity index is 295. The summed E-state index contributed by atoms with van der Waals surface area (Å²) in [6, 6.07) is 0. The summed E-state index contributed by atoms with van der Waals surface area (Å²) in [4.78, 5) is 26.5. The first-order chi connectivity index (χ1) is 11.2. The topological polar surface area (TPSA) is 75.6 Å². The first-order valence-electron chi connectivity index (χ1n) is 9.29. The van der Waals surface area contributed by atoms with Crippen molar-refractivity contribution in [2.45, 2.75) is 96.8 Å². The summed E-state index contributed by atoms with van der Waals surface area (Å²) in [5.74, 6) is -0.699. The molecule has 0 atom stereocenters. The van der Waals surface area contributed by atoms with Crippen LogP contribution in [0.1, 0.15) is 96.8 Å². The minimum atomic E-state index is -0.681. The highest BCUT2D eigenvalue weighted by Crippen LogP contribution is 2.12. The van der Waals surface area contributed by atoms with Crippen molar-refractivity contribution in [2.75, 3.05) is 6.61 Å². The molecule has 0 aromatic carbocycles. The predicted octanol–water partition coefficient (Wildman–Crippen LogP) is 4.60. The largest absolute Gasteiger partial charge is 0.481 e. The molecule has 5 nitrogen and oxygen atoms in total. The molecule has 0 aliphatic heterocycles. The van der Waals surface area contributed by atoms with Gasteiger partial charge in [0.2, 0.25) is 5.91 Å². The van der Waals surface area contributed by atoms with Crippen molar-refractivity contribution in [2.24, 2.45) is 0 Å². The number of hydrogen-bond acceptors (Lipinski definition) is 3. The van der Waals surface area contributed by atoms with E-state index in [-0.39, 0.29) is 5.91 Å². The number of unbranched alkanes of at least 4 members (excludes halogenated alkanes) is 11. The van der Waals surface area contributed by atoms with E-state index < -0.39 is 5.97 Å². The van der Waals surface area contributed by atoms with E-state index in [0.29, 0.717) is 19.4 Å². The molecule has 2 N–H and O–H groups in total. The Morgan fingerprint density at radius 3 is 1.52 bits per heavy atom. The average Bonchev–Trinajstić information content (AvgIpc) is 2.52. The van der Waals surface area contributed by atoms with E-state index in [9.17, 15) is 9.59 Å². The van der Waals surface area contributed by atoms with Gasteiger partial charge in [-0.2, -0.15) is 0 Å². The lowest BCUT2D eigenvalue weighted by molar-refractivity contribution is -0.137. The van der Waals surface area contributed by atoms with E-state index in [1.54, 1.807) is 0 Å². The van der Waals surface area contributed by atoms with Gasteiger partial charge in [-0.1, -0.05) is 64.2 Å². The Labute approximate surface area is 141 Å². The van der Waals surface area contributed by atoms with Crippen LogP contribution in [-0.2, 0) is 14.4 Å². The molecule has 23 heavy (non-hydrogen) atoms. The van der Waals surface area contributed by atoms with Crippen molar-refractivity contribution >= 4 is 11.9 Å². The molecule has 0 saturated heterocycles. The van der Waals surface area contributed by atoms with E-state index >= 15 is 0 Å². The molecule has 0 unspecified atom stereocenters. The molecule has 0 aromatic heterocycles. The number of nitrogens with one attached hydrogen (secondary N) is 1. The maximum absolute atomic E-state index is 11.3. The molecule has 0 bridgehead atoms. The van der Waals surface area contributed by atoms with Gasteiger partial charge in [0.15, 0.2) is 0 Å². The van der Waals surface area contributed by atoms with Crippen molar-refractivity contribution in [3.8, 4) is 0 Å². The van der Waals surface area contributed by atoms with E-state index in [2.05, 4.69) is 5.48 Å². The number of carbonyl (C=O) groups excluding carboxylic acids is 1. The van der Waals surface area contributed by atoms with Crippen LogP contribution in [0.25, 0.3) is 0 Å². The number of carbonyl (C=O) groups is 2. The molecule has 136 valence electrons. The highest BCUT2D eigenvalue weighted by molar-refractivity contribution is 5.74. The zero-order chi connectivity index (χ0) is 17.2. The summed E-state index contributed by atoms with van der Waals surface area (Å²) in [5, 5.41) is 8.53. The normalized spacial score (nSPS) is 10.7. The van der Waals surface area contributed by atoms with Crippen LogP contribution >= 0.6 is 0 Å². The molecule has 0 fully saturated rings. The highest BCUT2D eigenvalue weighted by atomic mass is 16.6. The Kier molecular flexibility index (Phi) is 16.4. The quantitative estimate of drug-likeness (QED) is 0.302. The van der Waals surface area contributed by atoms with Crippen molar-refractivity contribution in [3.63, 3.8) is 0 Å². The van der Waals surface area contributed by atoms with Crippen LogP contribution in [0.15, 0.2) is 0 Å². The van der Waals surface area contributed by atoms with Gasteiger partial charge in [-0.3, -0.25) is 14.4 Å². The summed E-state index contributed by atoms with van der Waals surface area (Å²) in [7, 11) is 0. The Morgan fingerprint density at radius 1 is 0.739 bits per heavy atom. The first kappa shape index (κ1) is 21.9. The second-order valence-corrected chi connectivity index (χ2v) is 6.09. The van der Waals surface area contributed by atoms with Gasteiger partial charge in [-0.05, 0) is 19.8 Å². The fourth-order valence-electron chi connectivity index (χ4n) is 2.53. The van der Waals surface area contributed by atoms with Gasteiger partial charge in [-0.25, -0.2) is 5.48 Å². The van der Waals surface area contributed by atoms with Gasteiger partial charge < -0.3 is 5.11 Å². The molecule has 0 spiro atoms. The number of carboxylic acids is 1. The summed E-state index contributed by atoms with van der Waals surface area (Å²) in [6.07, 6.45) is 14.8. The lowest BCUT2D eigenvalue weighted by Gasteiger charge is -2.04. The molecule has 0 aromatic rings. The van der Waals surface area contributed by atoms with Crippen LogP contribution < -0.4 is 5.48 Å². The third-order valence-corrected chi connectivity index (χ3v) is 3.87. The molecule has 0 heterocycles. The van der Waals surface area contributed by atoms with E-state index in [1.807, 2.05) is 6.92 Å². The van der Waals surface area contributed by atoms with Crippen molar-refractivity contribution < 1.29 is 19.5 Å². The van der Waals surface area contributed by atoms with Crippen molar-refractivity contribution in [1.29, 1.82) is 0 Å². The zero-order valence-electron chi connectivity index (χ0n) is 14.8. The zero-order valence-corrected chi connectivity index (χ0v) is 14.8. The number of hydrogen-bond donors (Lipinski definition) is 2. The monoisotopic (exact) mass is 329 g/mol. The second kappa shape index (κ2) is 17.3.